The van der Waals surface area contributed by atoms with Crippen LogP contribution in [0.15, 0.2) is 24.3 Å². The molecule has 1 amide bonds. The maximum Gasteiger partial charge on any atom is 0.240 e. The molecule has 19 heavy (non-hydrogen) atoms. The van der Waals surface area contributed by atoms with Gasteiger partial charge < -0.3 is 15.4 Å². The Bertz CT molecular complexity index is 471. The van der Waals surface area contributed by atoms with Crippen LogP contribution in [0.4, 0.5) is 4.39 Å². The number of ether oxygens (including phenoxy) is 1. The number of hydrogen-bond acceptors (Lipinski definition) is 3. The average molecular weight is 264 g/mol. The van der Waals surface area contributed by atoms with Gasteiger partial charge in [-0.15, -0.1) is 12.3 Å². The zero-order chi connectivity index (χ0) is 14.3. The van der Waals surface area contributed by atoms with Crippen LogP contribution in [0.1, 0.15) is 6.42 Å². The van der Waals surface area contributed by atoms with Crippen molar-refractivity contribution in [3.8, 4) is 18.1 Å². The van der Waals surface area contributed by atoms with Crippen LogP contribution in [0.3, 0.4) is 0 Å². The summed E-state index contributed by atoms with van der Waals surface area (Å²) in [4.78, 5) is 13.2. The van der Waals surface area contributed by atoms with Crippen molar-refractivity contribution in [3.05, 3.63) is 30.1 Å². The predicted molar refractivity (Wildman–Crippen MR) is 71.0 cm³/mol. The highest BCUT2D eigenvalue weighted by Gasteiger charge is 2.16. The van der Waals surface area contributed by atoms with Crippen molar-refractivity contribution in [2.45, 2.75) is 12.5 Å². The van der Waals surface area contributed by atoms with Gasteiger partial charge in [0.25, 0.3) is 0 Å². The van der Waals surface area contributed by atoms with Crippen LogP contribution in [0.5, 0.6) is 5.75 Å². The Balaban J connectivity index is 2.37. The molecule has 0 saturated carbocycles. The van der Waals surface area contributed by atoms with Crippen molar-refractivity contribution in [1.29, 1.82) is 0 Å². The molecule has 2 N–H and O–H groups in total. The van der Waals surface area contributed by atoms with Gasteiger partial charge in [-0.2, -0.15) is 0 Å². The number of benzene rings is 1. The van der Waals surface area contributed by atoms with Gasteiger partial charge in [0.2, 0.25) is 5.91 Å². The lowest BCUT2D eigenvalue weighted by molar-refractivity contribution is -0.131. The minimum Gasteiger partial charge on any atom is -0.492 e. The summed E-state index contributed by atoms with van der Waals surface area (Å²) in [6, 6.07) is 5.13. The minimum atomic E-state index is -0.691. The molecule has 4 nitrogen and oxygen atoms in total. The summed E-state index contributed by atoms with van der Waals surface area (Å²) in [5, 5.41) is 0. The average Bonchev–Trinajstić information content (AvgIpc) is 2.38. The summed E-state index contributed by atoms with van der Waals surface area (Å²) < 4.78 is 18.2. The van der Waals surface area contributed by atoms with Gasteiger partial charge in [0.1, 0.15) is 18.2 Å². The molecular weight excluding hydrogens is 247 g/mol. The normalized spacial score (nSPS) is 11.5. The summed E-state index contributed by atoms with van der Waals surface area (Å²) in [6.45, 7) is 0.613. The van der Waals surface area contributed by atoms with Gasteiger partial charge in [-0.1, -0.05) is 6.07 Å². The highest BCUT2D eigenvalue weighted by atomic mass is 19.1. The van der Waals surface area contributed by atoms with Gasteiger partial charge in [0.15, 0.2) is 0 Å². The number of nitrogens with zero attached hydrogens (tertiary/aromatic N) is 1. The Morgan fingerprint density at radius 2 is 2.37 bits per heavy atom. The summed E-state index contributed by atoms with van der Waals surface area (Å²) in [5.74, 6) is 2.17. The van der Waals surface area contributed by atoms with Crippen molar-refractivity contribution >= 4 is 5.91 Å². The molecule has 0 saturated heterocycles. The van der Waals surface area contributed by atoms with Crippen molar-refractivity contribution in [2.24, 2.45) is 5.73 Å². The molecule has 1 aromatic carbocycles. The van der Waals surface area contributed by atoms with Crippen LogP contribution in [0.25, 0.3) is 0 Å². The van der Waals surface area contributed by atoms with Crippen LogP contribution >= 0.6 is 0 Å². The number of amides is 1. The van der Waals surface area contributed by atoms with Crippen molar-refractivity contribution < 1.29 is 13.9 Å². The number of rotatable bonds is 6. The smallest absolute Gasteiger partial charge is 0.240 e. The van der Waals surface area contributed by atoms with Gasteiger partial charge in [-0.25, -0.2) is 4.39 Å². The van der Waals surface area contributed by atoms with E-state index in [2.05, 4.69) is 5.92 Å². The van der Waals surface area contributed by atoms with E-state index in [1.807, 2.05) is 0 Å². The third kappa shape index (κ3) is 4.98. The summed E-state index contributed by atoms with van der Waals surface area (Å²) >= 11 is 0. The number of carbonyl (C=O) groups is 1. The van der Waals surface area contributed by atoms with Crippen LogP contribution in [0.2, 0.25) is 0 Å². The molecule has 5 heteroatoms. The fourth-order valence-corrected chi connectivity index (χ4v) is 1.46. The molecule has 0 aliphatic heterocycles. The molecule has 0 heterocycles. The number of hydrogen-bond donors (Lipinski definition) is 1. The van der Waals surface area contributed by atoms with Gasteiger partial charge >= 0.3 is 0 Å². The standard InChI is InChI=1S/C14H17FN2O2/c1-3-5-13(16)14(18)17(2)8-9-19-12-7-4-6-11(15)10-12/h1,4,6-7,10,13H,5,8-9,16H2,2H3. The first-order valence-electron chi connectivity index (χ1n) is 5.87. The fraction of sp³-hybridized carbons (Fsp3) is 0.357. The molecule has 0 spiro atoms. The Morgan fingerprint density at radius 1 is 1.63 bits per heavy atom. The van der Waals surface area contributed by atoms with E-state index in [1.165, 1.54) is 17.0 Å². The third-order valence-electron chi connectivity index (χ3n) is 2.52. The second-order valence-corrected chi connectivity index (χ2v) is 4.08. The van der Waals surface area contributed by atoms with Crippen LogP contribution in [-0.4, -0.2) is 37.0 Å². The maximum atomic E-state index is 12.9. The SMILES string of the molecule is C#CCC(N)C(=O)N(C)CCOc1cccc(F)c1. The van der Waals surface area contributed by atoms with E-state index in [-0.39, 0.29) is 24.8 Å². The molecule has 0 aromatic heterocycles. The molecule has 0 radical (unpaired) electrons. The zero-order valence-electron chi connectivity index (χ0n) is 10.8. The zero-order valence-corrected chi connectivity index (χ0v) is 10.8. The van der Waals surface area contributed by atoms with Gasteiger partial charge in [0, 0.05) is 19.5 Å². The molecule has 0 aliphatic rings. The molecule has 1 unspecified atom stereocenters. The quantitative estimate of drug-likeness (QED) is 0.780. The molecule has 1 atom stereocenters. The lowest BCUT2D eigenvalue weighted by atomic mass is 10.2. The van der Waals surface area contributed by atoms with E-state index < -0.39 is 6.04 Å². The lowest BCUT2D eigenvalue weighted by Crippen LogP contribution is -2.43. The molecule has 1 aromatic rings. The number of terminal acetylenes is 1. The Labute approximate surface area is 112 Å². The number of likely N-dealkylation sites (N-methyl/N-ethyl adjacent to an activating group) is 1. The summed E-state index contributed by atoms with van der Waals surface area (Å²) in [6.07, 6.45) is 5.30. The third-order valence-corrected chi connectivity index (χ3v) is 2.52. The van der Waals surface area contributed by atoms with E-state index in [0.717, 1.165) is 0 Å². The van der Waals surface area contributed by atoms with Crippen LogP contribution < -0.4 is 10.5 Å². The number of carbonyl (C=O) groups excluding carboxylic acids is 1. The van der Waals surface area contributed by atoms with E-state index >= 15 is 0 Å². The van der Waals surface area contributed by atoms with Crippen molar-refractivity contribution in [2.75, 3.05) is 20.2 Å². The summed E-state index contributed by atoms with van der Waals surface area (Å²) in [5.41, 5.74) is 5.61. The minimum absolute atomic E-state index is 0.202. The second kappa shape index (κ2) is 7.39. The molecule has 0 bridgehead atoms. The predicted octanol–water partition coefficient (Wildman–Crippen LogP) is 1.01. The number of nitrogens with two attached hydrogens (primary N) is 1. The first-order valence-corrected chi connectivity index (χ1v) is 5.87. The van der Waals surface area contributed by atoms with Crippen molar-refractivity contribution in [1.82, 2.24) is 4.90 Å². The van der Waals surface area contributed by atoms with E-state index in [0.29, 0.717) is 12.3 Å². The largest absolute Gasteiger partial charge is 0.492 e. The molecular formula is C14H17FN2O2. The second-order valence-electron chi connectivity index (χ2n) is 4.08. The Hall–Kier alpha value is -2.06. The Morgan fingerprint density at radius 3 is 3.00 bits per heavy atom. The molecule has 0 fully saturated rings. The first kappa shape index (κ1) is 15.0. The highest BCUT2D eigenvalue weighted by Crippen LogP contribution is 2.11. The highest BCUT2D eigenvalue weighted by molar-refractivity contribution is 5.81. The van der Waals surface area contributed by atoms with E-state index in [4.69, 9.17) is 16.9 Å². The van der Waals surface area contributed by atoms with Crippen molar-refractivity contribution in [3.63, 3.8) is 0 Å². The molecule has 1 rings (SSSR count). The van der Waals surface area contributed by atoms with Gasteiger partial charge in [-0.05, 0) is 12.1 Å². The van der Waals surface area contributed by atoms with E-state index in [1.54, 1.807) is 19.2 Å². The molecule has 0 aliphatic carbocycles. The first-order chi connectivity index (χ1) is 9.04. The van der Waals surface area contributed by atoms with Crippen LogP contribution in [0, 0.1) is 18.2 Å². The monoisotopic (exact) mass is 264 g/mol. The molecule has 102 valence electrons. The van der Waals surface area contributed by atoms with Gasteiger partial charge in [0.05, 0.1) is 12.6 Å². The van der Waals surface area contributed by atoms with E-state index in [9.17, 15) is 9.18 Å². The Kier molecular flexibility index (Phi) is 5.83. The van der Waals surface area contributed by atoms with Crippen LogP contribution in [-0.2, 0) is 4.79 Å². The number of halogens is 1. The maximum absolute atomic E-state index is 12.9. The fourth-order valence-electron chi connectivity index (χ4n) is 1.46. The lowest BCUT2D eigenvalue weighted by Gasteiger charge is -2.20. The van der Waals surface area contributed by atoms with Gasteiger partial charge in [-0.3, -0.25) is 4.79 Å². The topological polar surface area (TPSA) is 55.6 Å². The summed E-state index contributed by atoms with van der Waals surface area (Å²) in [7, 11) is 1.62.